The predicted molar refractivity (Wildman–Crippen MR) is 85.9 cm³/mol. The van der Waals surface area contributed by atoms with Gasteiger partial charge < -0.3 is 0 Å². The van der Waals surface area contributed by atoms with Crippen LogP contribution in [-0.2, 0) is 4.79 Å². The van der Waals surface area contributed by atoms with Crippen molar-refractivity contribution in [2.45, 2.75) is 78.6 Å². The molecule has 0 aliphatic heterocycles. The number of ketones is 1. The van der Waals surface area contributed by atoms with Gasteiger partial charge in [0.15, 0.2) is 0 Å². The minimum atomic E-state index is 0.320. The van der Waals surface area contributed by atoms with E-state index in [2.05, 4.69) is 20.8 Å². The van der Waals surface area contributed by atoms with Gasteiger partial charge in [-0.05, 0) is 73.0 Å². The van der Waals surface area contributed by atoms with Crippen LogP contribution in [0.1, 0.15) is 78.6 Å². The highest BCUT2D eigenvalue weighted by Gasteiger charge is 2.60. The summed E-state index contributed by atoms with van der Waals surface area (Å²) < 4.78 is 0. The van der Waals surface area contributed by atoms with Crippen molar-refractivity contribution in [3.63, 3.8) is 0 Å². The lowest BCUT2D eigenvalue weighted by Gasteiger charge is -2.60. The molecule has 0 aromatic rings. The van der Waals surface area contributed by atoms with E-state index in [1.807, 2.05) is 0 Å². The summed E-state index contributed by atoms with van der Waals surface area (Å²) in [6.45, 7) is 7.28. The van der Waals surface area contributed by atoms with Gasteiger partial charge >= 0.3 is 0 Å². The molecule has 4 aliphatic rings. The van der Waals surface area contributed by atoms with Crippen LogP contribution in [0.5, 0.6) is 0 Å². The van der Waals surface area contributed by atoms with E-state index in [0.717, 1.165) is 24.2 Å². The topological polar surface area (TPSA) is 17.1 Å². The summed E-state index contributed by atoms with van der Waals surface area (Å²) in [6, 6.07) is 0. The molecule has 0 saturated heterocycles. The first-order chi connectivity index (χ1) is 9.97. The number of hydrogen-bond donors (Lipinski definition) is 0. The van der Waals surface area contributed by atoms with Crippen LogP contribution in [-0.4, -0.2) is 5.78 Å². The first-order valence-corrected chi connectivity index (χ1v) is 9.49. The molecule has 118 valence electrons. The lowest BCUT2D eigenvalue weighted by atomic mass is 9.45. The third-order valence-electron chi connectivity index (χ3n) is 8.91. The molecule has 0 N–H and O–H groups in total. The quantitative estimate of drug-likeness (QED) is 0.596. The van der Waals surface area contributed by atoms with Gasteiger partial charge in [-0.15, -0.1) is 0 Å². The summed E-state index contributed by atoms with van der Waals surface area (Å²) in [6.07, 6.45) is 12.4. The van der Waals surface area contributed by atoms with Crippen molar-refractivity contribution in [2.75, 3.05) is 0 Å². The van der Waals surface area contributed by atoms with Gasteiger partial charge in [0, 0.05) is 12.3 Å². The normalized spacial score (nSPS) is 56.5. The molecule has 0 aromatic carbocycles. The summed E-state index contributed by atoms with van der Waals surface area (Å²) in [7, 11) is 0. The third kappa shape index (κ3) is 1.78. The molecule has 4 aliphatic carbocycles. The lowest BCUT2D eigenvalue weighted by Crippen LogP contribution is -2.52. The number of hydrogen-bond acceptors (Lipinski definition) is 1. The highest BCUT2D eigenvalue weighted by molar-refractivity contribution is 5.84. The molecule has 0 spiro atoms. The highest BCUT2D eigenvalue weighted by atomic mass is 16.1. The van der Waals surface area contributed by atoms with E-state index in [9.17, 15) is 4.79 Å². The van der Waals surface area contributed by atoms with Gasteiger partial charge in [0.2, 0.25) is 0 Å². The van der Waals surface area contributed by atoms with E-state index in [0.29, 0.717) is 28.4 Å². The van der Waals surface area contributed by atoms with Crippen molar-refractivity contribution < 1.29 is 4.79 Å². The average molecular weight is 288 g/mol. The lowest BCUT2D eigenvalue weighted by molar-refractivity contribution is -0.122. The average Bonchev–Trinajstić information content (AvgIpc) is 2.70. The maximum absolute atomic E-state index is 12.4. The molecule has 1 heteroatoms. The van der Waals surface area contributed by atoms with Gasteiger partial charge in [-0.2, -0.15) is 0 Å². The standard InChI is InChI=1S/C20H32O/c1-13-18(21)12-17-15-8-7-14-6-4-5-10-20(14,3)16(15)9-11-19(13,17)2/h13-17H,4-12H2,1-3H3/t13?,14?,15-,16-,17+,19-,20+/m1/s1. The van der Waals surface area contributed by atoms with Gasteiger partial charge in [0.25, 0.3) is 0 Å². The molecule has 21 heavy (non-hydrogen) atoms. The Balaban J connectivity index is 1.67. The fourth-order valence-electron chi connectivity index (χ4n) is 7.33. The summed E-state index contributed by atoms with van der Waals surface area (Å²) in [4.78, 5) is 12.4. The Morgan fingerprint density at radius 2 is 1.71 bits per heavy atom. The van der Waals surface area contributed by atoms with Crippen molar-refractivity contribution in [1.29, 1.82) is 0 Å². The summed E-state index contributed by atoms with van der Waals surface area (Å²) >= 11 is 0. The molecular weight excluding hydrogens is 256 g/mol. The minimum Gasteiger partial charge on any atom is -0.299 e. The highest BCUT2D eigenvalue weighted by Crippen LogP contribution is 2.66. The second-order valence-electron chi connectivity index (χ2n) is 9.34. The molecule has 1 nitrogen and oxygen atoms in total. The van der Waals surface area contributed by atoms with E-state index in [-0.39, 0.29) is 0 Å². The van der Waals surface area contributed by atoms with Crippen molar-refractivity contribution in [2.24, 2.45) is 40.4 Å². The van der Waals surface area contributed by atoms with Gasteiger partial charge in [0.05, 0.1) is 0 Å². The Morgan fingerprint density at radius 1 is 0.905 bits per heavy atom. The van der Waals surface area contributed by atoms with Gasteiger partial charge in [-0.25, -0.2) is 0 Å². The fraction of sp³-hybridized carbons (Fsp3) is 0.950. The van der Waals surface area contributed by atoms with Crippen LogP contribution in [0.25, 0.3) is 0 Å². The molecule has 0 radical (unpaired) electrons. The smallest absolute Gasteiger partial charge is 0.136 e. The van der Waals surface area contributed by atoms with Crippen LogP contribution in [0.4, 0.5) is 0 Å². The van der Waals surface area contributed by atoms with Crippen molar-refractivity contribution in [3.05, 3.63) is 0 Å². The zero-order valence-electron chi connectivity index (χ0n) is 14.2. The molecule has 4 fully saturated rings. The van der Waals surface area contributed by atoms with Crippen molar-refractivity contribution >= 4 is 5.78 Å². The summed E-state index contributed by atoms with van der Waals surface area (Å²) in [5.74, 6) is 4.37. The first-order valence-electron chi connectivity index (χ1n) is 9.49. The van der Waals surface area contributed by atoms with Crippen LogP contribution in [0.2, 0.25) is 0 Å². The second-order valence-corrected chi connectivity index (χ2v) is 9.34. The van der Waals surface area contributed by atoms with Gasteiger partial charge in [-0.1, -0.05) is 33.6 Å². The molecule has 0 amide bonds. The number of fused-ring (bicyclic) bond motifs is 5. The SMILES string of the molecule is CC1C(=O)C[C@H]2[C@@H]3CCC4CCCC[C@]4(C)[C@@H]3CC[C@]12C. The van der Waals surface area contributed by atoms with E-state index in [1.54, 1.807) is 0 Å². The molecule has 0 aromatic heterocycles. The maximum Gasteiger partial charge on any atom is 0.136 e. The van der Waals surface area contributed by atoms with Gasteiger partial charge in [0.1, 0.15) is 5.78 Å². The minimum absolute atomic E-state index is 0.320. The molecule has 0 bridgehead atoms. The number of rotatable bonds is 0. The second kappa shape index (κ2) is 4.59. The van der Waals surface area contributed by atoms with Crippen molar-refractivity contribution in [1.82, 2.24) is 0 Å². The Bertz CT molecular complexity index is 455. The van der Waals surface area contributed by atoms with E-state index < -0.39 is 0 Å². The summed E-state index contributed by atoms with van der Waals surface area (Å²) in [5, 5.41) is 0. The predicted octanol–water partition coefficient (Wildman–Crippen LogP) is 5.23. The molecule has 7 atom stereocenters. The van der Waals surface area contributed by atoms with Crippen LogP contribution < -0.4 is 0 Å². The monoisotopic (exact) mass is 288 g/mol. The zero-order valence-corrected chi connectivity index (χ0v) is 14.2. The number of Topliss-reactive ketones (excluding diaryl/α,β-unsaturated/α-hetero) is 1. The van der Waals surface area contributed by atoms with Crippen molar-refractivity contribution in [3.8, 4) is 0 Å². The van der Waals surface area contributed by atoms with Crippen LogP contribution in [0, 0.1) is 40.4 Å². The van der Waals surface area contributed by atoms with E-state index in [4.69, 9.17) is 0 Å². The summed E-state index contributed by atoms with van der Waals surface area (Å²) in [5.41, 5.74) is 0.938. The Hall–Kier alpha value is -0.330. The van der Waals surface area contributed by atoms with Gasteiger partial charge in [-0.3, -0.25) is 4.79 Å². The van der Waals surface area contributed by atoms with Crippen LogP contribution in [0.15, 0.2) is 0 Å². The fourth-order valence-corrected chi connectivity index (χ4v) is 7.33. The molecule has 2 unspecified atom stereocenters. The molecule has 4 rings (SSSR count). The Morgan fingerprint density at radius 3 is 2.52 bits per heavy atom. The molecular formula is C20H32O. The zero-order chi connectivity index (χ0) is 14.8. The molecule has 4 saturated carbocycles. The largest absolute Gasteiger partial charge is 0.299 e. The van der Waals surface area contributed by atoms with E-state index >= 15 is 0 Å². The molecule has 0 heterocycles. The number of carbonyl (C=O) groups excluding carboxylic acids is 1. The maximum atomic E-state index is 12.4. The Labute approximate surface area is 130 Å². The first kappa shape index (κ1) is 14.3. The van der Waals surface area contributed by atoms with E-state index in [1.165, 1.54) is 51.4 Å². The Kier molecular flexibility index (Phi) is 3.12. The number of carbonyl (C=O) groups is 1. The van der Waals surface area contributed by atoms with Crippen LogP contribution in [0.3, 0.4) is 0 Å². The van der Waals surface area contributed by atoms with Crippen LogP contribution >= 0.6 is 0 Å². The third-order valence-corrected chi connectivity index (χ3v) is 8.91.